The van der Waals surface area contributed by atoms with E-state index in [9.17, 15) is 0 Å². The zero-order valence-corrected chi connectivity index (χ0v) is 11.7. The van der Waals surface area contributed by atoms with Crippen molar-refractivity contribution < 1.29 is 0 Å². The normalized spacial score (nSPS) is 17.7. The van der Waals surface area contributed by atoms with Crippen LogP contribution < -0.4 is 5.32 Å². The van der Waals surface area contributed by atoms with Crippen LogP contribution in [0.1, 0.15) is 44.2 Å². The molecule has 3 heteroatoms. The Morgan fingerprint density at radius 3 is 2.67 bits per heavy atom. The molecule has 0 unspecified atom stereocenters. The zero-order chi connectivity index (χ0) is 12.8. The van der Waals surface area contributed by atoms with Crippen LogP contribution in [0.5, 0.6) is 0 Å². The van der Waals surface area contributed by atoms with Gasteiger partial charge in [0, 0.05) is 31.5 Å². The molecule has 0 bridgehead atoms. The molecule has 1 aliphatic rings. The number of pyridine rings is 1. The first kappa shape index (κ1) is 13.3. The molecule has 1 aliphatic carbocycles. The molecule has 3 nitrogen and oxygen atoms in total. The van der Waals surface area contributed by atoms with Gasteiger partial charge >= 0.3 is 0 Å². The summed E-state index contributed by atoms with van der Waals surface area (Å²) in [5.74, 6) is 0. The predicted molar refractivity (Wildman–Crippen MR) is 76.7 cm³/mol. The van der Waals surface area contributed by atoms with Crippen molar-refractivity contribution in [2.75, 3.05) is 19.4 Å². The minimum Gasteiger partial charge on any atom is -0.388 e. The second-order valence-electron chi connectivity index (χ2n) is 5.35. The predicted octanol–water partition coefficient (Wildman–Crippen LogP) is 3.28. The van der Waals surface area contributed by atoms with Crippen LogP contribution in [0.15, 0.2) is 18.3 Å². The SMILES string of the molecule is CNc1ccnc(CN(C)C2CCCCCC2)c1. The molecular formula is C15H25N3. The lowest BCUT2D eigenvalue weighted by Gasteiger charge is -2.26. The molecule has 1 aromatic rings. The van der Waals surface area contributed by atoms with Gasteiger partial charge < -0.3 is 5.32 Å². The van der Waals surface area contributed by atoms with Crippen LogP contribution in [0.4, 0.5) is 5.69 Å². The zero-order valence-electron chi connectivity index (χ0n) is 11.7. The minimum absolute atomic E-state index is 0.743. The Balaban J connectivity index is 1.94. The summed E-state index contributed by atoms with van der Waals surface area (Å²) in [6, 6.07) is 4.90. The van der Waals surface area contributed by atoms with E-state index in [1.165, 1.54) is 38.5 Å². The first-order valence-corrected chi connectivity index (χ1v) is 7.12. The van der Waals surface area contributed by atoms with Crippen molar-refractivity contribution in [3.05, 3.63) is 24.0 Å². The highest BCUT2D eigenvalue weighted by Crippen LogP contribution is 2.22. The third-order valence-electron chi connectivity index (χ3n) is 3.96. The van der Waals surface area contributed by atoms with E-state index in [0.29, 0.717) is 0 Å². The molecule has 0 spiro atoms. The first-order chi connectivity index (χ1) is 8.79. The Bertz CT molecular complexity index is 357. The van der Waals surface area contributed by atoms with Gasteiger partial charge in [0.2, 0.25) is 0 Å². The van der Waals surface area contributed by atoms with E-state index in [1.54, 1.807) is 0 Å². The Morgan fingerprint density at radius 1 is 1.28 bits per heavy atom. The molecule has 1 aromatic heterocycles. The summed E-state index contributed by atoms with van der Waals surface area (Å²) < 4.78 is 0. The Kier molecular flexibility index (Phi) is 5.00. The molecule has 100 valence electrons. The number of rotatable bonds is 4. The van der Waals surface area contributed by atoms with E-state index < -0.39 is 0 Å². The lowest BCUT2D eigenvalue weighted by Crippen LogP contribution is -2.31. The summed E-state index contributed by atoms with van der Waals surface area (Å²) in [5, 5.41) is 3.17. The van der Waals surface area contributed by atoms with E-state index in [2.05, 4.69) is 28.3 Å². The lowest BCUT2D eigenvalue weighted by atomic mass is 10.1. The van der Waals surface area contributed by atoms with Gasteiger partial charge in [0.1, 0.15) is 0 Å². The van der Waals surface area contributed by atoms with Crippen LogP contribution in [0, 0.1) is 0 Å². The summed E-state index contributed by atoms with van der Waals surface area (Å²) in [5.41, 5.74) is 2.31. The second kappa shape index (κ2) is 6.74. The van der Waals surface area contributed by atoms with Crippen molar-refractivity contribution in [2.45, 2.75) is 51.1 Å². The van der Waals surface area contributed by atoms with E-state index >= 15 is 0 Å². The second-order valence-corrected chi connectivity index (χ2v) is 5.35. The fraction of sp³-hybridized carbons (Fsp3) is 0.667. The van der Waals surface area contributed by atoms with Crippen molar-refractivity contribution >= 4 is 5.69 Å². The number of hydrogen-bond donors (Lipinski definition) is 1. The van der Waals surface area contributed by atoms with Crippen molar-refractivity contribution in [3.63, 3.8) is 0 Å². The number of hydrogen-bond acceptors (Lipinski definition) is 3. The number of nitrogens with zero attached hydrogens (tertiary/aromatic N) is 2. The summed E-state index contributed by atoms with van der Waals surface area (Å²) in [6.07, 6.45) is 10.2. The fourth-order valence-electron chi connectivity index (χ4n) is 2.80. The van der Waals surface area contributed by atoms with Gasteiger partial charge in [-0.2, -0.15) is 0 Å². The first-order valence-electron chi connectivity index (χ1n) is 7.12. The monoisotopic (exact) mass is 247 g/mol. The molecule has 0 amide bonds. The van der Waals surface area contributed by atoms with Gasteiger partial charge in [0.25, 0.3) is 0 Å². The molecule has 0 aliphatic heterocycles. The minimum atomic E-state index is 0.743. The summed E-state index contributed by atoms with van der Waals surface area (Å²) in [7, 11) is 4.19. The van der Waals surface area contributed by atoms with Crippen LogP contribution in [0.25, 0.3) is 0 Å². The molecular weight excluding hydrogens is 222 g/mol. The average molecular weight is 247 g/mol. The summed E-state index contributed by atoms with van der Waals surface area (Å²) >= 11 is 0. The molecule has 0 saturated heterocycles. The molecule has 1 fully saturated rings. The van der Waals surface area contributed by atoms with Crippen LogP contribution in [-0.2, 0) is 6.54 Å². The standard InChI is InChI=1S/C15H25N3/c1-16-13-9-10-17-14(11-13)12-18(2)15-7-5-3-4-6-8-15/h9-11,15H,3-8,12H2,1-2H3,(H,16,17). The average Bonchev–Trinajstić information content (AvgIpc) is 2.68. The molecule has 0 radical (unpaired) electrons. The Hall–Kier alpha value is -1.09. The van der Waals surface area contributed by atoms with Gasteiger partial charge in [-0.25, -0.2) is 0 Å². The van der Waals surface area contributed by atoms with Crippen molar-refractivity contribution in [1.29, 1.82) is 0 Å². The molecule has 1 heterocycles. The third kappa shape index (κ3) is 3.70. The molecule has 1 saturated carbocycles. The van der Waals surface area contributed by atoms with Crippen molar-refractivity contribution in [1.82, 2.24) is 9.88 Å². The molecule has 2 rings (SSSR count). The van der Waals surface area contributed by atoms with Crippen molar-refractivity contribution in [2.24, 2.45) is 0 Å². The van der Waals surface area contributed by atoms with Gasteiger partial charge in [-0.05, 0) is 32.0 Å². The molecule has 18 heavy (non-hydrogen) atoms. The number of nitrogens with one attached hydrogen (secondary N) is 1. The highest BCUT2D eigenvalue weighted by Gasteiger charge is 2.17. The largest absolute Gasteiger partial charge is 0.388 e. The van der Waals surface area contributed by atoms with Gasteiger partial charge in [-0.1, -0.05) is 25.7 Å². The maximum atomic E-state index is 4.46. The van der Waals surface area contributed by atoms with Crippen LogP contribution in [0.2, 0.25) is 0 Å². The van der Waals surface area contributed by atoms with Crippen molar-refractivity contribution in [3.8, 4) is 0 Å². The van der Waals surface area contributed by atoms with E-state index in [1.807, 2.05) is 19.3 Å². The van der Waals surface area contributed by atoms with Gasteiger partial charge in [-0.15, -0.1) is 0 Å². The maximum absolute atomic E-state index is 4.46. The highest BCUT2D eigenvalue weighted by molar-refractivity contribution is 5.42. The van der Waals surface area contributed by atoms with E-state index in [-0.39, 0.29) is 0 Å². The number of aromatic nitrogens is 1. The van der Waals surface area contributed by atoms with Crippen LogP contribution in [0.3, 0.4) is 0 Å². The smallest absolute Gasteiger partial charge is 0.0564 e. The fourth-order valence-corrected chi connectivity index (χ4v) is 2.80. The van der Waals surface area contributed by atoms with Crippen LogP contribution in [-0.4, -0.2) is 30.0 Å². The van der Waals surface area contributed by atoms with E-state index in [0.717, 1.165) is 24.0 Å². The summed E-state index contributed by atoms with van der Waals surface area (Å²) in [6.45, 7) is 0.959. The Morgan fingerprint density at radius 2 is 2.00 bits per heavy atom. The van der Waals surface area contributed by atoms with E-state index in [4.69, 9.17) is 0 Å². The maximum Gasteiger partial charge on any atom is 0.0564 e. The summed E-state index contributed by atoms with van der Waals surface area (Å²) in [4.78, 5) is 6.94. The Labute approximate surface area is 111 Å². The molecule has 0 atom stereocenters. The quantitative estimate of drug-likeness (QED) is 0.828. The highest BCUT2D eigenvalue weighted by atomic mass is 15.1. The van der Waals surface area contributed by atoms with Gasteiger partial charge in [0.05, 0.1) is 5.69 Å². The lowest BCUT2D eigenvalue weighted by molar-refractivity contribution is 0.211. The van der Waals surface area contributed by atoms with Gasteiger partial charge in [0.15, 0.2) is 0 Å². The third-order valence-corrected chi connectivity index (χ3v) is 3.96. The topological polar surface area (TPSA) is 28.2 Å². The molecule has 0 aromatic carbocycles. The van der Waals surface area contributed by atoms with Gasteiger partial charge in [-0.3, -0.25) is 9.88 Å². The van der Waals surface area contributed by atoms with Crippen LogP contribution >= 0.6 is 0 Å². The molecule has 1 N–H and O–H groups in total. The number of anilines is 1.